The predicted octanol–water partition coefficient (Wildman–Crippen LogP) is 2.21. The Morgan fingerprint density at radius 3 is 2.50 bits per heavy atom. The Hall–Kier alpha value is -1.06. The van der Waals surface area contributed by atoms with Crippen molar-refractivity contribution in [2.75, 3.05) is 26.2 Å². The van der Waals surface area contributed by atoms with Crippen LogP contribution in [0.15, 0.2) is 12.1 Å². The summed E-state index contributed by atoms with van der Waals surface area (Å²) in [6.45, 7) is 5.26. The van der Waals surface area contributed by atoms with Gasteiger partial charge >= 0.3 is 0 Å². The average molecular weight is 322 g/mol. The third-order valence-electron chi connectivity index (χ3n) is 3.41. The second-order valence-electron chi connectivity index (χ2n) is 4.43. The van der Waals surface area contributed by atoms with Crippen molar-refractivity contribution in [3.8, 4) is 11.8 Å². The lowest BCUT2D eigenvalue weighted by molar-refractivity contribution is 0.182. The van der Waals surface area contributed by atoms with Gasteiger partial charge in [-0.3, -0.25) is 4.90 Å². The minimum absolute atomic E-state index is 0. The maximum absolute atomic E-state index is 13.4. The van der Waals surface area contributed by atoms with Crippen molar-refractivity contribution in [1.29, 1.82) is 5.26 Å². The van der Waals surface area contributed by atoms with Gasteiger partial charge in [0.05, 0.1) is 11.6 Å². The highest BCUT2D eigenvalue weighted by Gasteiger charge is 2.24. The molecule has 1 saturated heterocycles. The second-order valence-corrected chi connectivity index (χ2v) is 4.43. The number of piperazine rings is 1. The fourth-order valence-electron chi connectivity index (χ4n) is 2.35. The molecule has 0 spiro atoms. The summed E-state index contributed by atoms with van der Waals surface area (Å²) in [7, 11) is 0. The van der Waals surface area contributed by atoms with Gasteiger partial charge in [-0.05, 0) is 19.1 Å². The fraction of sp³-hybridized carbons (Fsp3) is 0.462. The molecular weight excluding hydrogens is 304 g/mol. The van der Waals surface area contributed by atoms with Gasteiger partial charge in [0.2, 0.25) is 0 Å². The highest BCUT2D eigenvalue weighted by Crippen LogP contribution is 2.33. The SMILES string of the molecule is C[C@@H](c1c(C#N)ccc(F)c1O)N1CCNCC1.Cl.Cl. The van der Waals surface area contributed by atoms with Gasteiger partial charge < -0.3 is 10.4 Å². The number of benzene rings is 1. The zero-order valence-corrected chi connectivity index (χ0v) is 12.7. The highest BCUT2D eigenvalue weighted by molar-refractivity contribution is 5.85. The van der Waals surface area contributed by atoms with Crippen molar-refractivity contribution < 1.29 is 9.50 Å². The standard InChI is InChI=1S/C13H16FN3O.2ClH/c1-9(17-6-4-16-5-7-17)12-10(8-15)2-3-11(14)13(12)18;;/h2-3,9,16,18H,4-7H2,1H3;2*1H/t9-;;/m0../s1. The van der Waals surface area contributed by atoms with Crippen LogP contribution in [-0.2, 0) is 0 Å². The average Bonchev–Trinajstić information content (AvgIpc) is 2.42. The van der Waals surface area contributed by atoms with Gasteiger partial charge in [0.15, 0.2) is 11.6 Å². The molecule has 1 aromatic carbocycles. The summed E-state index contributed by atoms with van der Waals surface area (Å²) >= 11 is 0. The van der Waals surface area contributed by atoms with E-state index in [1.807, 2.05) is 13.0 Å². The van der Waals surface area contributed by atoms with E-state index in [0.29, 0.717) is 11.1 Å². The summed E-state index contributed by atoms with van der Waals surface area (Å²) in [5, 5.41) is 22.1. The maximum atomic E-state index is 13.4. The van der Waals surface area contributed by atoms with Gasteiger partial charge in [-0.1, -0.05) is 0 Å². The van der Waals surface area contributed by atoms with Gasteiger partial charge in [0.25, 0.3) is 0 Å². The number of aromatic hydroxyl groups is 1. The van der Waals surface area contributed by atoms with Crippen molar-refractivity contribution >= 4 is 24.8 Å². The molecule has 1 aromatic rings. The molecule has 20 heavy (non-hydrogen) atoms. The highest BCUT2D eigenvalue weighted by atomic mass is 35.5. The number of phenolic OH excluding ortho intramolecular Hbond substituents is 1. The van der Waals surface area contributed by atoms with Crippen LogP contribution in [0, 0.1) is 17.1 Å². The molecule has 2 rings (SSSR count). The molecule has 1 atom stereocenters. The third kappa shape index (κ3) is 3.74. The third-order valence-corrected chi connectivity index (χ3v) is 3.41. The van der Waals surface area contributed by atoms with Crippen molar-refractivity contribution in [3.63, 3.8) is 0 Å². The quantitative estimate of drug-likeness (QED) is 0.876. The van der Waals surface area contributed by atoms with E-state index in [1.165, 1.54) is 6.07 Å². The number of hydrogen-bond donors (Lipinski definition) is 2. The van der Waals surface area contributed by atoms with Crippen LogP contribution in [0.5, 0.6) is 5.75 Å². The van der Waals surface area contributed by atoms with E-state index in [-0.39, 0.29) is 30.9 Å². The molecule has 0 unspecified atom stereocenters. The van der Waals surface area contributed by atoms with E-state index < -0.39 is 11.6 Å². The molecule has 7 heteroatoms. The van der Waals surface area contributed by atoms with E-state index in [9.17, 15) is 9.50 Å². The number of nitrogens with zero attached hydrogens (tertiary/aromatic N) is 2. The molecule has 0 aliphatic carbocycles. The lowest BCUT2D eigenvalue weighted by Gasteiger charge is -2.33. The Labute approximate surface area is 130 Å². The van der Waals surface area contributed by atoms with Gasteiger partial charge in [0, 0.05) is 37.8 Å². The summed E-state index contributed by atoms with van der Waals surface area (Å²) in [5.74, 6) is -1.08. The van der Waals surface area contributed by atoms with Crippen LogP contribution in [0.4, 0.5) is 4.39 Å². The molecule has 2 N–H and O–H groups in total. The largest absolute Gasteiger partial charge is 0.505 e. The van der Waals surface area contributed by atoms with E-state index >= 15 is 0 Å². The minimum atomic E-state index is -0.675. The predicted molar refractivity (Wildman–Crippen MR) is 80.1 cm³/mol. The second kappa shape index (κ2) is 8.28. The number of rotatable bonds is 2. The molecule has 112 valence electrons. The monoisotopic (exact) mass is 321 g/mol. The summed E-state index contributed by atoms with van der Waals surface area (Å²) in [6, 6.07) is 4.39. The Morgan fingerprint density at radius 1 is 1.35 bits per heavy atom. The van der Waals surface area contributed by atoms with E-state index in [2.05, 4.69) is 10.2 Å². The zero-order valence-electron chi connectivity index (χ0n) is 11.1. The van der Waals surface area contributed by atoms with E-state index in [0.717, 1.165) is 32.2 Å². The summed E-state index contributed by atoms with van der Waals surface area (Å²) in [4.78, 5) is 2.13. The molecule has 0 bridgehead atoms. The maximum Gasteiger partial charge on any atom is 0.165 e. The van der Waals surface area contributed by atoms with Crippen LogP contribution < -0.4 is 5.32 Å². The van der Waals surface area contributed by atoms with Crippen molar-refractivity contribution in [2.45, 2.75) is 13.0 Å². The molecule has 1 fully saturated rings. The first-order valence-electron chi connectivity index (χ1n) is 6.01. The van der Waals surface area contributed by atoms with Crippen LogP contribution in [0.2, 0.25) is 0 Å². The molecule has 0 radical (unpaired) electrons. The summed E-state index contributed by atoms with van der Waals surface area (Å²) in [6.07, 6.45) is 0. The van der Waals surface area contributed by atoms with E-state index in [1.54, 1.807) is 0 Å². The molecule has 1 heterocycles. The van der Waals surface area contributed by atoms with Crippen LogP contribution >= 0.6 is 24.8 Å². The van der Waals surface area contributed by atoms with Gasteiger partial charge in [0.1, 0.15) is 0 Å². The molecule has 0 saturated carbocycles. The minimum Gasteiger partial charge on any atom is -0.505 e. The summed E-state index contributed by atoms with van der Waals surface area (Å²) < 4.78 is 13.4. The molecule has 4 nitrogen and oxygen atoms in total. The lowest BCUT2D eigenvalue weighted by atomic mass is 9.99. The lowest BCUT2D eigenvalue weighted by Crippen LogP contribution is -2.44. The van der Waals surface area contributed by atoms with Gasteiger partial charge in [-0.2, -0.15) is 5.26 Å². The van der Waals surface area contributed by atoms with Gasteiger partial charge in [-0.15, -0.1) is 24.8 Å². The first kappa shape index (κ1) is 18.9. The molecule has 1 aliphatic rings. The van der Waals surface area contributed by atoms with E-state index in [4.69, 9.17) is 5.26 Å². The van der Waals surface area contributed by atoms with Crippen LogP contribution in [-0.4, -0.2) is 36.2 Å². The van der Waals surface area contributed by atoms with Crippen LogP contribution in [0.1, 0.15) is 24.1 Å². The molecule has 0 aromatic heterocycles. The van der Waals surface area contributed by atoms with Crippen LogP contribution in [0.3, 0.4) is 0 Å². The number of nitrogens with one attached hydrogen (secondary N) is 1. The normalized spacial score (nSPS) is 16.4. The topological polar surface area (TPSA) is 59.3 Å². The smallest absolute Gasteiger partial charge is 0.165 e. The van der Waals surface area contributed by atoms with Crippen molar-refractivity contribution in [3.05, 3.63) is 29.1 Å². The molecule has 1 aliphatic heterocycles. The summed E-state index contributed by atoms with van der Waals surface area (Å²) in [5.41, 5.74) is 0.722. The number of nitriles is 1. The Balaban J connectivity index is 0.00000180. The van der Waals surface area contributed by atoms with Crippen LogP contribution in [0.25, 0.3) is 0 Å². The fourth-order valence-corrected chi connectivity index (χ4v) is 2.35. The Morgan fingerprint density at radius 2 is 1.95 bits per heavy atom. The van der Waals surface area contributed by atoms with Crippen molar-refractivity contribution in [2.24, 2.45) is 0 Å². The number of phenols is 1. The number of halogens is 3. The molecule has 0 amide bonds. The van der Waals surface area contributed by atoms with Gasteiger partial charge in [-0.25, -0.2) is 4.39 Å². The Kier molecular flexibility index (Phi) is 7.84. The first-order chi connectivity index (χ1) is 8.65. The molecular formula is C13H18Cl2FN3O. The number of hydrogen-bond acceptors (Lipinski definition) is 4. The Bertz CT molecular complexity index is 487. The first-order valence-corrected chi connectivity index (χ1v) is 6.01. The zero-order chi connectivity index (χ0) is 13.1. The van der Waals surface area contributed by atoms with Crippen molar-refractivity contribution in [1.82, 2.24) is 10.2 Å².